The summed E-state index contributed by atoms with van der Waals surface area (Å²) in [6, 6.07) is 0. The number of rotatable bonds is 5. The number of carbonyl (C=O) groups is 2. The molecule has 6 nitrogen and oxygen atoms in total. The molecule has 0 radical (unpaired) electrons. The molecular formula is C12H23NO5. The summed E-state index contributed by atoms with van der Waals surface area (Å²) in [6.45, 7) is 9.51. The number of hydrogen-bond donors (Lipinski definition) is 1. The summed E-state index contributed by atoms with van der Waals surface area (Å²) >= 11 is 0. The van der Waals surface area contributed by atoms with Gasteiger partial charge in [-0.2, -0.15) is 0 Å². The van der Waals surface area contributed by atoms with Crippen LogP contribution < -0.4 is 5.73 Å². The molecule has 0 aromatic carbocycles. The molecule has 2 N–H and O–H groups in total. The summed E-state index contributed by atoms with van der Waals surface area (Å²) < 4.78 is 15.2. The van der Waals surface area contributed by atoms with Crippen LogP contribution in [0.15, 0.2) is 0 Å². The minimum Gasteiger partial charge on any atom is -0.457 e. The maximum absolute atomic E-state index is 11.8. The van der Waals surface area contributed by atoms with Gasteiger partial charge in [0, 0.05) is 6.92 Å². The lowest BCUT2D eigenvalue weighted by molar-refractivity contribution is -0.182. The van der Waals surface area contributed by atoms with Crippen molar-refractivity contribution in [3.05, 3.63) is 0 Å². The zero-order valence-electron chi connectivity index (χ0n) is 11.9. The largest absolute Gasteiger partial charge is 0.457 e. The van der Waals surface area contributed by atoms with Crippen molar-refractivity contribution in [2.45, 2.75) is 59.0 Å². The Labute approximate surface area is 108 Å². The fourth-order valence-electron chi connectivity index (χ4n) is 1.01. The van der Waals surface area contributed by atoms with Crippen molar-refractivity contribution in [3.8, 4) is 0 Å². The van der Waals surface area contributed by atoms with Gasteiger partial charge in [-0.25, -0.2) is 4.79 Å². The minimum atomic E-state index is -1.11. The SMILES string of the molecule is CC(=O)O[C@H](COC(C)(C)N)C(=O)OC(C)(C)C. The van der Waals surface area contributed by atoms with Gasteiger partial charge in [0.2, 0.25) is 6.10 Å². The lowest BCUT2D eigenvalue weighted by Crippen LogP contribution is -2.43. The predicted octanol–water partition coefficient (Wildman–Crippen LogP) is 0.971. The molecule has 0 rings (SSSR count). The van der Waals surface area contributed by atoms with Crippen LogP contribution in [0.1, 0.15) is 41.5 Å². The maximum atomic E-state index is 11.8. The minimum absolute atomic E-state index is 0.141. The van der Waals surface area contributed by atoms with Crippen molar-refractivity contribution in [3.63, 3.8) is 0 Å². The topological polar surface area (TPSA) is 87.9 Å². The summed E-state index contributed by atoms with van der Waals surface area (Å²) in [5, 5.41) is 0. The first-order valence-electron chi connectivity index (χ1n) is 5.73. The second-order valence-corrected chi connectivity index (χ2v) is 5.55. The highest BCUT2D eigenvalue weighted by Gasteiger charge is 2.29. The van der Waals surface area contributed by atoms with E-state index in [9.17, 15) is 9.59 Å². The Balaban J connectivity index is 4.57. The molecule has 0 aromatic rings. The van der Waals surface area contributed by atoms with Crippen LogP contribution in [0.2, 0.25) is 0 Å². The summed E-state index contributed by atoms with van der Waals surface area (Å²) in [5.41, 5.74) is 4.05. The number of nitrogens with two attached hydrogens (primary N) is 1. The van der Waals surface area contributed by atoms with Crippen molar-refractivity contribution in [2.24, 2.45) is 5.73 Å². The molecule has 0 aromatic heterocycles. The standard InChI is InChI=1S/C12H23NO5/c1-8(14)17-9(7-16-12(5,6)13)10(15)18-11(2,3)4/h9H,7,13H2,1-6H3/t9-/m1/s1. The Kier molecular flexibility index (Phi) is 5.76. The highest BCUT2D eigenvalue weighted by atomic mass is 16.6. The van der Waals surface area contributed by atoms with E-state index in [1.807, 2.05) is 0 Å². The number of ether oxygens (including phenoxy) is 3. The second-order valence-electron chi connectivity index (χ2n) is 5.55. The van der Waals surface area contributed by atoms with Crippen molar-refractivity contribution in [1.82, 2.24) is 0 Å². The monoisotopic (exact) mass is 261 g/mol. The quantitative estimate of drug-likeness (QED) is 0.586. The second kappa shape index (κ2) is 6.15. The fourth-order valence-corrected chi connectivity index (χ4v) is 1.01. The molecule has 1 atom stereocenters. The highest BCUT2D eigenvalue weighted by Crippen LogP contribution is 2.11. The summed E-state index contributed by atoms with van der Waals surface area (Å²) in [7, 11) is 0. The van der Waals surface area contributed by atoms with Crippen molar-refractivity contribution in [1.29, 1.82) is 0 Å². The molecule has 0 saturated heterocycles. The molecular weight excluding hydrogens is 238 g/mol. The van der Waals surface area contributed by atoms with Gasteiger partial charge >= 0.3 is 11.9 Å². The first-order chi connectivity index (χ1) is 7.91. The van der Waals surface area contributed by atoms with Crippen LogP contribution in [0.4, 0.5) is 0 Å². The van der Waals surface area contributed by atoms with E-state index in [4.69, 9.17) is 19.9 Å². The molecule has 0 aliphatic carbocycles. The van der Waals surface area contributed by atoms with E-state index in [1.54, 1.807) is 34.6 Å². The molecule has 0 aliphatic rings. The zero-order chi connectivity index (χ0) is 14.6. The lowest BCUT2D eigenvalue weighted by atomic mass is 10.2. The van der Waals surface area contributed by atoms with Gasteiger partial charge in [0.25, 0.3) is 0 Å². The van der Waals surface area contributed by atoms with Gasteiger partial charge in [-0.05, 0) is 34.6 Å². The van der Waals surface area contributed by atoms with E-state index in [0.717, 1.165) is 0 Å². The summed E-state index contributed by atoms with van der Waals surface area (Å²) in [5.74, 6) is -1.23. The average Bonchev–Trinajstić information content (AvgIpc) is 2.06. The van der Waals surface area contributed by atoms with E-state index in [-0.39, 0.29) is 6.61 Å². The Hall–Kier alpha value is -1.14. The third kappa shape index (κ3) is 8.95. The Morgan fingerprint density at radius 3 is 2.00 bits per heavy atom. The fraction of sp³-hybridized carbons (Fsp3) is 0.833. The molecule has 0 fully saturated rings. The van der Waals surface area contributed by atoms with Gasteiger partial charge in [0.15, 0.2) is 0 Å². The Morgan fingerprint density at radius 1 is 1.17 bits per heavy atom. The van der Waals surface area contributed by atoms with Crippen molar-refractivity contribution >= 4 is 11.9 Å². The summed E-state index contributed by atoms with van der Waals surface area (Å²) in [4.78, 5) is 22.7. The van der Waals surface area contributed by atoms with Crippen LogP contribution in [-0.4, -0.2) is 36.0 Å². The molecule has 0 bridgehead atoms. The summed E-state index contributed by atoms with van der Waals surface area (Å²) in [6.07, 6.45) is -1.11. The van der Waals surface area contributed by atoms with Crippen LogP contribution in [0.25, 0.3) is 0 Å². The van der Waals surface area contributed by atoms with E-state index < -0.39 is 29.4 Å². The smallest absolute Gasteiger partial charge is 0.350 e. The van der Waals surface area contributed by atoms with Gasteiger partial charge in [-0.15, -0.1) is 0 Å². The third-order valence-corrected chi connectivity index (χ3v) is 1.58. The van der Waals surface area contributed by atoms with Crippen molar-refractivity contribution in [2.75, 3.05) is 6.61 Å². The average molecular weight is 261 g/mol. The predicted molar refractivity (Wildman–Crippen MR) is 65.6 cm³/mol. The maximum Gasteiger partial charge on any atom is 0.350 e. The molecule has 6 heteroatoms. The third-order valence-electron chi connectivity index (χ3n) is 1.58. The van der Waals surface area contributed by atoms with Crippen LogP contribution in [0, 0.1) is 0 Å². The first-order valence-corrected chi connectivity index (χ1v) is 5.73. The number of hydrogen-bond acceptors (Lipinski definition) is 6. The van der Waals surface area contributed by atoms with Gasteiger partial charge in [-0.1, -0.05) is 0 Å². The molecule has 0 heterocycles. The molecule has 0 unspecified atom stereocenters. The van der Waals surface area contributed by atoms with E-state index >= 15 is 0 Å². The molecule has 0 aliphatic heterocycles. The number of esters is 2. The Morgan fingerprint density at radius 2 is 1.67 bits per heavy atom. The first kappa shape index (κ1) is 16.9. The van der Waals surface area contributed by atoms with Gasteiger partial charge in [0.05, 0.1) is 6.61 Å². The lowest BCUT2D eigenvalue weighted by Gasteiger charge is -2.26. The van der Waals surface area contributed by atoms with Gasteiger partial charge < -0.3 is 19.9 Å². The number of carbonyl (C=O) groups excluding carboxylic acids is 2. The van der Waals surface area contributed by atoms with Crippen LogP contribution in [0.3, 0.4) is 0 Å². The van der Waals surface area contributed by atoms with Crippen LogP contribution >= 0.6 is 0 Å². The van der Waals surface area contributed by atoms with Crippen LogP contribution in [0.5, 0.6) is 0 Å². The van der Waals surface area contributed by atoms with Crippen molar-refractivity contribution < 1.29 is 23.8 Å². The molecule has 0 amide bonds. The molecule has 0 spiro atoms. The highest BCUT2D eigenvalue weighted by molar-refractivity contribution is 5.79. The van der Waals surface area contributed by atoms with Crippen LogP contribution in [-0.2, 0) is 23.8 Å². The Bertz CT molecular complexity index is 301. The van der Waals surface area contributed by atoms with E-state index in [1.165, 1.54) is 6.92 Å². The normalized spacial score (nSPS) is 13.9. The van der Waals surface area contributed by atoms with E-state index in [0.29, 0.717) is 0 Å². The van der Waals surface area contributed by atoms with Gasteiger partial charge in [0.1, 0.15) is 11.3 Å². The van der Waals surface area contributed by atoms with Gasteiger partial charge in [-0.3, -0.25) is 4.79 Å². The molecule has 106 valence electrons. The zero-order valence-corrected chi connectivity index (χ0v) is 11.9. The molecule has 18 heavy (non-hydrogen) atoms. The van der Waals surface area contributed by atoms with E-state index in [2.05, 4.69) is 0 Å². The molecule has 0 saturated carbocycles.